The second-order valence-corrected chi connectivity index (χ2v) is 8.67. The van der Waals surface area contributed by atoms with Crippen molar-refractivity contribution < 1.29 is 4.79 Å². The summed E-state index contributed by atoms with van der Waals surface area (Å²) < 4.78 is 1.93. The molecule has 0 bridgehead atoms. The quantitative estimate of drug-likeness (QED) is 0.807. The minimum Gasteiger partial charge on any atom is -0.316 e. The largest absolute Gasteiger partial charge is 0.316 e. The standard InChI is InChI=1S/C17H21N5OS2/c1-10(2)22-9-19-21-17(22)24-8-15(23)20-16-13(7-18)12-5-4-11(3)6-14(12)25-16/h9-11H,4-6,8H2,1-3H3,(H,20,23)/t11-/m1/s1. The molecule has 6 nitrogen and oxygen atoms in total. The van der Waals surface area contributed by atoms with Crippen LogP contribution < -0.4 is 5.32 Å². The molecule has 2 aromatic rings. The molecule has 132 valence electrons. The van der Waals surface area contributed by atoms with E-state index in [9.17, 15) is 10.1 Å². The smallest absolute Gasteiger partial charge is 0.235 e. The molecule has 2 heterocycles. The Morgan fingerprint density at radius 2 is 2.40 bits per heavy atom. The molecular weight excluding hydrogens is 354 g/mol. The number of amides is 1. The number of thiophene rings is 1. The van der Waals surface area contributed by atoms with Crippen LogP contribution in [0.15, 0.2) is 11.5 Å². The molecule has 0 aliphatic heterocycles. The molecule has 1 atom stereocenters. The summed E-state index contributed by atoms with van der Waals surface area (Å²) in [6.45, 7) is 6.32. The maximum Gasteiger partial charge on any atom is 0.235 e. The zero-order chi connectivity index (χ0) is 18.0. The van der Waals surface area contributed by atoms with Crippen LogP contribution in [0.5, 0.6) is 0 Å². The van der Waals surface area contributed by atoms with Gasteiger partial charge in [0.25, 0.3) is 0 Å². The molecule has 0 radical (unpaired) electrons. The molecule has 1 amide bonds. The van der Waals surface area contributed by atoms with E-state index in [-0.39, 0.29) is 17.7 Å². The van der Waals surface area contributed by atoms with Gasteiger partial charge in [-0.3, -0.25) is 4.79 Å². The Bertz CT molecular complexity index is 818. The Kier molecular flexibility index (Phi) is 5.45. The lowest BCUT2D eigenvalue weighted by atomic mass is 9.89. The number of hydrogen-bond acceptors (Lipinski definition) is 6. The molecule has 0 saturated heterocycles. The summed E-state index contributed by atoms with van der Waals surface area (Å²) in [6.07, 6.45) is 4.70. The van der Waals surface area contributed by atoms with Gasteiger partial charge in [0.15, 0.2) is 5.16 Å². The third-order valence-corrected chi connectivity index (χ3v) is 6.43. The summed E-state index contributed by atoms with van der Waals surface area (Å²) in [5.74, 6) is 0.764. The fourth-order valence-electron chi connectivity index (χ4n) is 2.94. The van der Waals surface area contributed by atoms with Crippen molar-refractivity contribution in [3.8, 4) is 6.07 Å². The molecule has 0 aromatic carbocycles. The van der Waals surface area contributed by atoms with Crippen molar-refractivity contribution in [2.24, 2.45) is 5.92 Å². The number of fused-ring (bicyclic) bond motifs is 1. The first-order valence-electron chi connectivity index (χ1n) is 8.36. The monoisotopic (exact) mass is 375 g/mol. The number of carbonyl (C=O) groups is 1. The highest BCUT2D eigenvalue weighted by Gasteiger charge is 2.24. The second kappa shape index (κ2) is 7.58. The van der Waals surface area contributed by atoms with E-state index in [1.165, 1.54) is 16.6 Å². The molecule has 25 heavy (non-hydrogen) atoms. The average Bonchev–Trinajstić information content (AvgIpc) is 3.16. The molecule has 3 rings (SSSR count). The Balaban J connectivity index is 1.67. The fraction of sp³-hybridized carbons (Fsp3) is 0.529. The third-order valence-electron chi connectivity index (χ3n) is 4.31. The van der Waals surface area contributed by atoms with Crippen LogP contribution in [0.4, 0.5) is 5.00 Å². The number of carbonyl (C=O) groups excluding carboxylic acids is 1. The molecule has 0 saturated carbocycles. The van der Waals surface area contributed by atoms with Crippen LogP contribution in [0, 0.1) is 17.2 Å². The van der Waals surface area contributed by atoms with Gasteiger partial charge in [-0.25, -0.2) is 0 Å². The van der Waals surface area contributed by atoms with Crippen LogP contribution in [0.3, 0.4) is 0 Å². The van der Waals surface area contributed by atoms with E-state index in [1.807, 2.05) is 18.4 Å². The summed E-state index contributed by atoms with van der Waals surface area (Å²) >= 11 is 2.91. The Morgan fingerprint density at radius 1 is 1.60 bits per heavy atom. The first-order chi connectivity index (χ1) is 12.0. The fourth-order valence-corrected chi connectivity index (χ4v) is 5.16. The maximum atomic E-state index is 12.3. The number of anilines is 1. The molecule has 1 aliphatic rings. The van der Waals surface area contributed by atoms with Crippen LogP contribution in [-0.2, 0) is 17.6 Å². The van der Waals surface area contributed by atoms with Crippen LogP contribution >= 0.6 is 23.1 Å². The van der Waals surface area contributed by atoms with Gasteiger partial charge < -0.3 is 9.88 Å². The molecule has 1 aliphatic carbocycles. The Labute approximate surface area is 155 Å². The number of aromatic nitrogens is 3. The van der Waals surface area contributed by atoms with Gasteiger partial charge in [-0.15, -0.1) is 21.5 Å². The van der Waals surface area contributed by atoms with Crippen molar-refractivity contribution in [1.29, 1.82) is 5.26 Å². The predicted octanol–water partition coefficient (Wildman–Crippen LogP) is 3.65. The van der Waals surface area contributed by atoms with Crippen LogP contribution in [-0.4, -0.2) is 26.4 Å². The number of nitriles is 1. The van der Waals surface area contributed by atoms with Gasteiger partial charge in [0.05, 0.1) is 11.3 Å². The molecule has 8 heteroatoms. The summed E-state index contributed by atoms with van der Waals surface area (Å²) in [5, 5.41) is 21.8. The van der Waals surface area contributed by atoms with Crippen molar-refractivity contribution in [3.05, 3.63) is 22.3 Å². The maximum absolute atomic E-state index is 12.3. The summed E-state index contributed by atoms with van der Waals surface area (Å²) in [4.78, 5) is 13.6. The molecule has 1 N–H and O–H groups in total. The average molecular weight is 376 g/mol. The van der Waals surface area contributed by atoms with Gasteiger partial charge >= 0.3 is 0 Å². The van der Waals surface area contributed by atoms with Gasteiger partial charge in [-0.05, 0) is 44.6 Å². The third kappa shape index (κ3) is 3.88. The van der Waals surface area contributed by atoms with Crippen LogP contribution in [0.2, 0.25) is 0 Å². The highest BCUT2D eigenvalue weighted by atomic mass is 32.2. The minimum absolute atomic E-state index is 0.119. The highest BCUT2D eigenvalue weighted by molar-refractivity contribution is 7.99. The number of nitrogens with one attached hydrogen (secondary N) is 1. The van der Waals surface area contributed by atoms with Crippen molar-refractivity contribution in [2.45, 2.75) is 51.2 Å². The molecule has 0 unspecified atom stereocenters. The summed E-state index contributed by atoms with van der Waals surface area (Å²) in [5.41, 5.74) is 1.78. The number of rotatable bonds is 5. The number of thioether (sulfide) groups is 1. The summed E-state index contributed by atoms with van der Waals surface area (Å²) in [7, 11) is 0. The van der Waals surface area contributed by atoms with E-state index >= 15 is 0 Å². The zero-order valence-electron chi connectivity index (χ0n) is 14.6. The normalized spacial score (nSPS) is 16.5. The Hall–Kier alpha value is -1.85. The predicted molar refractivity (Wildman–Crippen MR) is 100.0 cm³/mol. The van der Waals surface area contributed by atoms with E-state index in [4.69, 9.17) is 0 Å². The van der Waals surface area contributed by atoms with E-state index in [0.29, 0.717) is 16.5 Å². The number of nitrogens with zero attached hydrogens (tertiary/aromatic N) is 4. The first-order valence-corrected chi connectivity index (χ1v) is 10.2. The van der Waals surface area contributed by atoms with E-state index in [0.717, 1.165) is 30.0 Å². The van der Waals surface area contributed by atoms with Crippen molar-refractivity contribution in [2.75, 3.05) is 11.1 Å². The molecule has 2 aromatic heterocycles. The topological polar surface area (TPSA) is 83.6 Å². The second-order valence-electron chi connectivity index (χ2n) is 6.62. The summed E-state index contributed by atoms with van der Waals surface area (Å²) in [6, 6.07) is 2.53. The lowest BCUT2D eigenvalue weighted by Crippen LogP contribution is -2.15. The lowest BCUT2D eigenvalue weighted by Gasteiger charge is -2.17. The highest BCUT2D eigenvalue weighted by Crippen LogP contribution is 2.39. The van der Waals surface area contributed by atoms with E-state index < -0.39 is 0 Å². The zero-order valence-corrected chi connectivity index (χ0v) is 16.2. The first kappa shape index (κ1) is 18.0. The minimum atomic E-state index is -0.119. The number of hydrogen-bond donors (Lipinski definition) is 1. The lowest BCUT2D eigenvalue weighted by molar-refractivity contribution is -0.113. The van der Waals surface area contributed by atoms with Crippen LogP contribution in [0.1, 0.15) is 49.2 Å². The van der Waals surface area contributed by atoms with Crippen molar-refractivity contribution in [1.82, 2.24) is 14.8 Å². The van der Waals surface area contributed by atoms with Gasteiger partial charge in [0.1, 0.15) is 17.4 Å². The van der Waals surface area contributed by atoms with Crippen LogP contribution in [0.25, 0.3) is 0 Å². The molecular formula is C17H21N5OS2. The molecule has 0 spiro atoms. The van der Waals surface area contributed by atoms with Gasteiger partial charge in [0.2, 0.25) is 5.91 Å². The van der Waals surface area contributed by atoms with Gasteiger partial charge in [-0.2, -0.15) is 5.26 Å². The van der Waals surface area contributed by atoms with E-state index in [2.05, 4.69) is 28.5 Å². The van der Waals surface area contributed by atoms with Gasteiger partial charge in [0, 0.05) is 10.9 Å². The van der Waals surface area contributed by atoms with Crippen molar-refractivity contribution in [3.63, 3.8) is 0 Å². The van der Waals surface area contributed by atoms with Gasteiger partial charge in [-0.1, -0.05) is 18.7 Å². The Morgan fingerprint density at radius 3 is 3.12 bits per heavy atom. The SMILES string of the molecule is CC(C)n1cnnc1SCC(=O)Nc1sc2c(c1C#N)CC[C@@H](C)C2. The van der Waals surface area contributed by atoms with Crippen molar-refractivity contribution >= 4 is 34.0 Å². The van der Waals surface area contributed by atoms with E-state index in [1.54, 1.807) is 17.7 Å². The molecule has 0 fully saturated rings.